The van der Waals surface area contributed by atoms with Crippen LogP contribution in [0.3, 0.4) is 0 Å². The maximum atomic E-state index is 12.9. The summed E-state index contributed by atoms with van der Waals surface area (Å²) < 4.78 is 10.6. The van der Waals surface area contributed by atoms with Crippen LogP contribution in [0.4, 0.5) is 0 Å². The number of ether oxygens (including phenoxy) is 2. The van der Waals surface area contributed by atoms with Gasteiger partial charge in [-0.1, -0.05) is 80.9 Å². The van der Waals surface area contributed by atoms with E-state index in [0.29, 0.717) is 12.8 Å². The van der Waals surface area contributed by atoms with Gasteiger partial charge in [-0.3, -0.25) is 14.4 Å². The molecule has 0 heterocycles. The molecular weight excluding hydrogens is 490 g/mol. The summed E-state index contributed by atoms with van der Waals surface area (Å²) in [4.78, 5) is 49.2. The van der Waals surface area contributed by atoms with Crippen molar-refractivity contribution < 1.29 is 38.9 Å². The average Bonchev–Trinajstić information content (AvgIpc) is 2.90. The van der Waals surface area contributed by atoms with Gasteiger partial charge in [0.1, 0.15) is 25.4 Å². The van der Waals surface area contributed by atoms with Gasteiger partial charge in [-0.05, 0) is 36.3 Å². The molecule has 0 saturated carbocycles. The molecule has 0 radical (unpaired) electrons. The monoisotopic (exact) mass is 527 g/mol. The zero-order valence-corrected chi connectivity index (χ0v) is 21.9. The minimum absolute atomic E-state index is 0.0122. The molecule has 0 bridgehead atoms. The van der Waals surface area contributed by atoms with Gasteiger partial charge in [0.2, 0.25) is 5.91 Å². The molecule has 0 spiro atoms. The van der Waals surface area contributed by atoms with E-state index in [9.17, 15) is 29.4 Å². The Hall–Kier alpha value is -3.72. The van der Waals surface area contributed by atoms with Crippen LogP contribution in [0, 0.1) is 11.8 Å². The Morgan fingerprint density at radius 3 is 1.92 bits per heavy atom. The fraction of sp³-hybridized carbons (Fsp3) is 0.448. The van der Waals surface area contributed by atoms with Crippen LogP contribution in [-0.2, 0) is 41.9 Å². The number of carbonyl (C=O) groups is 4. The van der Waals surface area contributed by atoms with E-state index in [4.69, 9.17) is 9.47 Å². The zero-order chi connectivity index (χ0) is 27.9. The summed E-state index contributed by atoms with van der Waals surface area (Å²) >= 11 is 0. The molecule has 2 aromatic carbocycles. The number of aliphatic hydroxyl groups excluding tert-OH is 1. The van der Waals surface area contributed by atoms with Gasteiger partial charge < -0.3 is 25.0 Å². The molecule has 3 N–H and O–H groups in total. The van der Waals surface area contributed by atoms with Crippen LogP contribution in [0.15, 0.2) is 60.7 Å². The second kappa shape index (κ2) is 16.2. The molecule has 0 fully saturated rings. The number of carbonyl (C=O) groups excluding carboxylic acids is 3. The fourth-order valence-corrected chi connectivity index (χ4v) is 3.82. The lowest BCUT2D eigenvalue weighted by Crippen LogP contribution is -2.49. The molecule has 0 saturated heterocycles. The van der Waals surface area contributed by atoms with Gasteiger partial charge in [-0.15, -0.1) is 0 Å². The van der Waals surface area contributed by atoms with E-state index >= 15 is 0 Å². The van der Waals surface area contributed by atoms with Crippen molar-refractivity contribution in [1.82, 2.24) is 5.32 Å². The Balaban J connectivity index is 1.95. The van der Waals surface area contributed by atoms with Gasteiger partial charge in [-0.25, -0.2) is 4.79 Å². The largest absolute Gasteiger partial charge is 0.480 e. The maximum absolute atomic E-state index is 12.9. The summed E-state index contributed by atoms with van der Waals surface area (Å²) in [6.07, 6.45) is -0.758. The SMILES string of the molecule is CC(C)C[C@H](NC(=O)[C@@H](O)[C@@H](CCCCC(=O)OCc1ccccc1)C(=O)OCc1ccccc1)C(=O)O. The number of carboxylic acids is 1. The van der Waals surface area contributed by atoms with Crippen LogP contribution < -0.4 is 5.32 Å². The summed E-state index contributed by atoms with van der Waals surface area (Å²) in [6, 6.07) is 17.0. The quantitative estimate of drug-likeness (QED) is 0.222. The van der Waals surface area contributed by atoms with Crippen LogP contribution in [0.1, 0.15) is 57.1 Å². The van der Waals surface area contributed by atoms with E-state index in [0.717, 1.165) is 11.1 Å². The van der Waals surface area contributed by atoms with Crippen LogP contribution in [0.5, 0.6) is 0 Å². The van der Waals surface area contributed by atoms with Crippen molar-refractivity contribution >= 4 is 23.8 Å². The molecule has 0 aliphatic carbocycles. The Morgan fingerprint density at radius 1 is 0.842 bits per heavy atom. The van der Waals surface area contributed by atoms with E-state index in [-0.39, 0.29) is 38.4 Å². The third-order valence-electron chi connectivity index (χ3n) is 5.89. The lowest BCUT2D eigenvalue weighted by atomic mass is 9.94. The highest BCUT2D eigenvalue weighted by molar-refractivity contribution is 5.90. The molecule has 206 valence electrons. The number of hydrogen-bond acceptors (Lipinski definition) is 7. The second-order valence-electron chi connectivity index (χ2n) is 9.57. The fourth-order valence-electron chi connectivity index (χ4n) is 3.82. The normalized spacial score (nSPS) is 13.3. The summed E-state index contributed by atoms with van der Waals surface area (Å²) in [5.74, 6) is -4.60. The van der Waals surface area contributed by atoms with Crippen molar-refractivity contribution in [2.75, 3.05) is 0 Å². The van der Waals surface area contributed by atoms with Gasteiger partial charge in [0.15, 0.2) is 0 Å². The Morgan fingerprint density at radius 2 is 1.39 bits per heavy atom. The molecule has 3 atom stereocenters. The van der Waals surface area contributed by atoms with Gasteiger partial charge in [0, 0.05) is 6.42 Å². The number of esters is 2. The van der Waals surface area contributed by atoms with Gasteiger partial charge in [0.25, 0.3) is 0 Å². The second-order valence-corrected chi connectivity index (χ2v) is 9.57. The summed E-state index contributed by atoms with van der Waals surface area (Å²) in [7, 11) is 0. The Bertz CT molecular complexity index is 1030. The van der Waals surface area contributed by atoms with Crippen LogP contribution in [0.25, 0.3) is 0 Å². The Labute approximate surface area is 223 Å². The molecule has 2 aromatic rings. The number of nitrogens with one attached hydrogen (secondary N) is 1. The van der Waals surface area contributed by atoms with Gasteiger partial charge >= 0.3 is 17.9 Å². The number of rotatable bonds is 16. The molecule has 0 aromatic heterocycles. The predicted octanol–water partition coefficient (Wildman–Crippen LogP) is 3.63. The predicted molar refractivity (Wildman–Crippen MR) is 139 cm³/mol. The minimum atomic E-state index is -1.81. The van der Waals surface area contributed by atoms with Crippen molar-refractivity contribution in [2.45, 2.75) is 71.3 Å². The lowest BCUT2D eigenvalue weighted by molar-refractivity contribution is -0.158. The highest BCUT2D eigenvalue weighted by Crippen LogP contribution is 2.19. The van der Waals surface area contributed by atoms with Crippen LogP contribution >= 0.6 is 0 Å². The molecule has 9 heteroatoms. The van der Waals surface area contributed by atoms with Gasteiger partial charge in [0.05, 0.1) is 5.92 Å². The molecule has 1 amide bonds. The molecule has 2 rings (SSSR count). The lowest BCUT2D eigenvalue weighted by Gasteiger charge is -2.23. The average molecular weight is 528 g/mol. The topological polar surface area (TPSA) is 139 Å². The molecular formula is C29H37NO8. The number of aliphatic carboxylic acids is 1. The number of unbranched alkanes of at least 4 members (excludes halogenated alkanes) is 1. The molecule has 0 aliphatic rings. The van der Waals surface area contributed by atoms with Crippen molar-refractivity contribution in [2.24, 2.45) is 11.8 Å². The number of aliphatic hydroxyl groups is 1. The van der Waals surface area contributed by atoms with E-state index in [1.165, 1.54) is 0 Å². The van der Waals surface area contributed by atoms with Crippen molar-refractivity contribution in [3.8, 4) is 0 Å². The van der Waals surface area contributed by atoms with Crippen LogP contribution in [-0.4, -0.2) is 46.2 Å². The van der Waals surface area contributed by atoms with E-state index in [1.54, 1.807) is 24.3 Å². The molecule has 9 nitrogen and oxygen atoms in total. The first kappa shape index (κ1) is 30.5. The zero-order valence-electron chi connectivity index (χ0n) is 21.9. The first-order chi connectivity index (χ1) is 18.2. The molecule has 0 unspecified atom stereocenters. The summed E-state index contributed by atoms with van der Waals surface area (Å²) in [5, 5.41) is 22.5. The smallest absolute Gasteiger partial charge is 0.326 e. The van der Waals surface area contributed by atoms with Gasteiger partial charge in [-0.2, -0.15) is 0 Å². The van der Waals surface area contributed by atoms with Crippen molar-refractivity contribution in [3.05, 3.63) is 71.8 Å². The third kappa shape index (κ3) is 11.1. The third-order valence-corrected chi connectivity index (χ3v) is 5.89. The molecule has 38 heavy (non-hydrogen) atoms. The minimum Gasteiger partial charge on any atom is -0.480 e. The van der Waals surface area contributed by atoms with Crippen LogP contribution in [0.2, 0.25) is 0 Å². The van der Waals surface area contributed by atoms with E-state index in [2.05, 4.69) is 5.32 Å². The Kier molecular flexibility index (Phi) is 13.0. The van der Waals surface area contributed by atoms with E-state index in [1.807, 2.05) is 50.2 Å². The van der Waals surface area contributed by atoms with Crippen molar-refractivity contribution in [1.29, 1.82) is 0 Å². The van der Waals surface area contributed by atoms with E-state index < -0.39 is 41.9 Å². The summed E-state index contributed by atoms with van der Waals surface area (Å²) in [5.41, 5.74) is 1.61. The maximum Gasteiger partial charge on any atom is 0.326 e. The number of benzene rings is 2. The first-order valence-corrected chi connectivity index (χ1v) is 12.8. The highest BCUT2D eigenvalue weighted by Gasteiger charge is 2.35. The van der Waals surface area contributed by atoms with Crippen molar-refractivity contribution in [3.63, 3.8) is 0 Å². The summed E-state index contributed by atoms with van der Waals surface area (Å²) in [6.45, 7) is 3.75. The number of hydrogen-bond donors (Lipinski definition) is 3. The number of amides is 1. The standard InChI is InChI=1S/C29H37NO8/c1-20(2)17-24(28(34)35)30-27(33)26(32)23(29(36)38-19-22-13-7-4-8-14-22)15-9-10-16-25(31)37-18-21-11-5-3-6-12-21/h3-8,11-14,20,23-24,26,32H,9-10,15-19H2,1-2H3,(H,30,33)(H,34,35)/t23-,24+,26+/m1/s1. The number of carboxylic acid groups (broad SMARTS) is 1. The molecule has 0 aliphatic heterocycles. The highest BCUT2D eigenvalue weighted by atomic mass is 16.5. The first-order valence-electron chi connectivity index (χ1n) is 12.8.